The molecule has 0 aliphatic heterocycles. The molecule has 29 heavy (non-hydrogen) atoms. The predicted molar refractivity (Wildman–Crippen MR) is 113 cm³/mol. The van der Waals surface area contributed by atoms with Gasteiger partial charge in [0.2, 0.25) is 15.9 Å². The maximum absolute atomic E-state index is 12.9. The molecule has 0 fully saturated rings. The van der Waals surface area contributed by atoms with Crippen molar-refractivity contribution in [3.05, 3.63) is 54.1 Å². The van der Waals surface area contributed by atoms with Gasteiger partial charge in [-0.05, 0) is 55.3 Å². The van der Waals surface area contributed by atoms with Gasteiger partial charge in [0, 0.05) is 5.69 Å². The molecule has 1 amide bonds. The summed E-state index contributed by atoms with van der Waals surface area (Å²) in [5.74, 6) is 0.194. The fourth-order valence-electron chi connectivity index (χ4n) is 2.94. The first-order valence-electron chi connectivity index (χ1n) is 9.29. The summed E-state index contributed by atoms with van der Waals surface area (Å²) in [5, 5.41) is 11.5. The molecule has 0 spiro atoms. The third kappa shape index (κ3) is 5.96. The first kappa shape index (κ1) is 22.2. The van der Waals surface area contributed by atoms with E-state index in [4.69, 9.17) is 10.00 Å². The number of nitrogens with one attached hydrogen (secondary N) is 1. The second kappa shape index (κ2) is 9.94. The quantitative estimate of drug-likeness (QED) is 0.677. The number of benzene rings is 2. The van der Waals surface area contributed by atoms with Crippen LogP contribution >= 0.6 is 0 Å². The van der Waals surface area contributed by atoms with Crippen LogP contribution in [0.5, 0.6) is 5.75 Å². The number of nitrogens with zero attached hydrogens (tertiary/aromatic N) is 2. The zero-order valence-corrected chi connectivity index (χ0v) is 17.6. The number of rotatable bonds is 9. The molecule has 0 bridgehead atoms. The molecular weight excluding hydrogens is 390 g/mol. The molecule has 2 aromatic carbocycles. The highest BCUT2D eigenvalue weighted by atomic mass is 32.2. The average Bonchev–Trinajstić information content (AvgIpc) is 2.68. The maximum atomic E-state index is 12.9. The van der Waals surface area contributed by atoms with E-state index >= 15 is 0 Å². The topological polar surface area (TPSA) is 99.5 Å². The number of hydrogen-bond donors (Lipinski definition) is 1. The van der Waals surface area contributed by atoms with Crippen LogP contribution in [0, 0.1) is 11.3 Å². The molecule has 0 saturated heterocycles. The average molecular weight is 416 g/mol. The van der Waals surface area contributed by atoms with E-state index < -0.39 is 22.0 Å². The summed E-state index contributed by atoms with van der Waals surface area (Å²) in [6, 6.07) is 14.6. The van der Waals surface area contributed by atoms with Gasteiger partial charge in [-0.1, -0.05) is 19.1 Å². The second-order valence-corrected chi connectivity index (χ2v) is 8.29. The molecule has 1 N–H and O–H groups in total. The first-order valence-corrected chi connectivity index (χ1v) is 11.1. The van der Waals surface area contributed by atoms with Crippen molar-refractivity contribution in [3.8, 4) is 11.8 Å². The van der Waals surface area contributed by atoms with E-state index in [1.165, 1.54) is 0 Å². The molecule has 2 rings (SSSR count). The first-order chi connectivity index (χ1) is 13.8. The van der Waals surface area contributed by atoms with Crippen LogP contribution in [0.25, 0.3) is 0 Å². The van der Waals surface area contributed by atoms with E-state index in [2.05, 4.69) is 11.4 Å². The van der Waals surface area contributed by atoms with E-state index in [-0.39, 0.29) is 6.42 Å². The lowest BCUT2D eigenvalue weighted by molar-refractivity contribution is -0.117. The smallest absolute Gasteiger partial charge is 0.248 e. The Bertz CT molecular complexity index is 964. The highest BCUT2D eigenvalue weighted by molar-refractivity contribution is 7.92. The molecular formula is C21H25N3O4S. The Morgan fingerprint density at radius 2 is 1.76 bits per heavy atom. The summed E-state index contributed by atoms with van der Waals surface area (Å²) in [4.78, 5) is 12.9. The molecule has 7 nitrogen and oxygen atoms in total. The van der Waals surface area contributed by atoms with Crippen LogP contribution in [0.15, 0.2) is 48.5 Å². The third-order valence-electron chi connectivity index (χ3n) is 4.24. The molecule has 0 heterocycles. The maximum Gasteiger partial charge on any atom is 0.248 e. The summed E-state index contributed by atoms with van der Waals surface area (Å²) in [6.45, 7) is 4.12. The Kier molecular flexibility index (Phi) is 7.62. The Labute approximate surface area is 172 Å². The van der Waals surface area contributed by atoms with Gasteiger partial charge < -0.3 is 10.1 Å². The van der Waals surface area contributed by atoms with Gasteiger partial charge in [-0.15, -0.1) is 0 Å². The molecule has 154 valence electrons. The number of nitriles is 1. The largest absolute Gasteiger partial charge is 0.494 e. The van der Waals surface area contributed by atoms with Gasteiger partial charge in [-0.2, -0.15) is 5.26 Å². The van der Waals surface area contributed by atoms with Gasteiger partial charge in [-0.25, -0.2) is 8.42 Å². The summed E-state index contributed by atoms with van der Waals surface area (Å²) in [6.07, 6.45) is 1.65. The monoisotopic (exact) mass is 415 g/mol. The fraction of sp³-hybridized carbons (Fsp3) is 0.333. The zero-order chi connectivity index (χ0) is 21.4. The fourth-order valence-corrected chi connectivity index (χ4v) is 4.15. The normalized spacial score (nSPS) is 11.9. The van der Waals surface area contributed by atoms with Crippen molar-refractivity contribution in [3.63, 3.8) is 0 Å². The van der Waals surface area contributed by atoms with Crippen molar-refractivity contribution in [2.45, 2.75) is 32.7 Å². The summed E-state index contributed by atoms with van der Waals surface area (Å²) in [5.41, 5.74) is 1.77. The number of ether oxygens (including phenoxy) is 1. The molecule has 0 saturated carbocycles. The molecule has 0 aliphatic carbocycles. The van der Waals surface area contributed by atoms with Gasteiger partial charge in [0.25, 0.3) is 0 Å². The molecule has 0 unspecified atom stereocenters. The number of hydrogen-bond acceptors (Lipinski definition) is 5. The lowest BCUT2D eigenvalue weighted by atomic mass is 10.1. The SMILES string of the molecule is CCOc1ccc(N([C@H](CC)C(=O)Nc2ccc(CC#N)cc2)S(C)(=O)=O)cc1. The molecule has 2 aromatic rings. The van der Waals surface area contributed by atoms with E-state index in [1.54, 1.807) is 55.5 Å². The Morgan fingerprint density at radius 3 is 2.24 bits per heavy atom. The Morgan fingerprint density at radius 1 is 1.14 bits per heavy atom. The highest BCUT2D eigenvalue weighted by Crippen LogP contribution is 2.26. The van der Waals surface area contributed by atoms with Crippen molar-refractivity contribution in [1.29, 1.82) is 5.26 Å². The molecule has 0 aliphatic rings. The number of carbonyl (C=O) groups is 1. The van der Waals surface area contributed by atoms with Crippen LogP contribution in [-0.2, 0) is 21.2 Å². The Hall–Kier alpha value is -3.05. The van der Waals surface area contributed by atoms with E-state index in [1.807, 2.05) is 6.92 Å². The second-order valence-electron chi connectivity index (χ2n) is 6.43. The van der Waals surface area contributed by atoms with Crippen molar-refractivity contribution in [2.75, 3.05) is 22.5 Å². The highest BCUT2D eigenvalue weighted by Gasteiger charge is 2.31. The predicted octanol–water partition coefficient (Wildman–Crippen LogP) is 3.33. The van der Waals surface area contributed by atoms with Gasteiger partial charge >= 0.3 is 0 Å². The summed E-state index contributed by atoms with van der Waals surface area (Å²) >= 11 is 0. The number of carbonyl (C=O) groups excluding carboxylic acids is 1. The standard InChI is InChI=1S/C21H25N3O4S/c1-4-20(21(25)23-17-8-6-16(7-9-17)14-15-22)24(29(3,26)27)18-10-12-19(13-11-18)28-5-2/h6-13,20H,4-5,14H2,1-3H3,(H,23,25)/t20-/m1/s1. The zero-order valence-electron chi connectivity index (χ0n) is 16.8. The summed E-state index contributed by atoms with van der Waals surface area (Å²) in [7, 11) is -3.71. The number of anilines is 2. The summed E-state index contributed by atoms with van der Waals surface area (Å²) < 4.78 is 31.5. The molecule has 0 radical (unpaired) electrons. The van der Waals surface area contributed by atoms with Crippen molar-refractivity contribution in [1.82, 2.24) is 0 Å². The molecule has 1 atom stereocenters. The van der Waals surface area contributed by atoms with Gasteiger partial charge in [-0.3, -0.25) is 9.10 Å². The van der Waals surface area contributed by atoms with Crippen LogP contribution in [-0.4, -0.2) is 33.2 Å². The minimum absolute atomic E-state index is 0.283. The van der Waals surface area contributed by atoms with Crippen LogP contribution in [0.2, 0.25) is 0 Å². The van der Waals surface area contributed by atoms with Gasteiger partial charge in [0.05, 0.1) is 31.0 Å². The van der Waals surface area contributed by atoms with Gasteiger partial charge in [0.1, 0.15) is 11.8 Å². The van der Waals surface area contributed by atoms with Gasteiger partial charge in [0.15, 0.2) is 0 Å². The van der Waals surface area contributed by atoms with Crippen LogP contribution in [0.3, 0.4) is 0 Å². The van der Waals surface area contributed by atoms with Crippen molar-refractivity contribution in [2.24, 2.45) is 0 Å². The van der Waals surface area contributed by atoms with Crippen molar-refractivity contribution < 1.29 is 17.9 Å². The molecule has 8 heteroatoms. The number of sulfonamides is 1. The lowest BCUT2D eigenvalue weighted by Crippen LogP contribution is -2.46. The lowest BCUT2D eigenvalue weighted by Gasteiger charge is -2.30. The molecule has 0 aromatic heterocycles. The van der Waals surface area contributed by atoms with Crippen molar-refractivity contribution >= 4 is 27.3 Å². The number of amides is 1. The minimum Gasteiger partial charge on any atom is -0.494 e. The van der Waals surface area contributed by atoms with Crippen LogP contribution in [0.1, 0.15) is 25.8 Å². The third-order valence-corrected chi connectivity index (χ3v) is 5.42. The van der Waals surface area contributed by atoms with E-state index in [0.717, 1.165) is 16.1 Å². The minimum atomic E-state index is -3.71. The van der Waals surface area contributed by atoms with E-state index in [0.29, 0.717) is 30.2 Å². The van der Waals surface area contributed by atoms with Crippen LogP contribution < -0.4 is 14.4 Å². The Balaban J connectivity index is 2.28. The van der Waals surface area contributed by atoms with Crippen LogP contribution in [0.4, 0.5) is 11.4 Å². The van der Waals surface area contributed by atoms with E-state index in [9.17, 15) is 13.2 Å².